The minimum absolute atomic E-state index is 0.765. The van der Waals surface area contributed by atoms with Crippen molar-refractivity contribution in [1.82, 2.24) is 5.32 Å². The number of rotatable bonds is 8. The highest BCUT2D eigenvalue weighted by atomic mass is 14.9. The fourth-order valence-corrected chi connectivity index (χ4v) is 4.19. The molecular weight excluding hydrogens is 254 g/mol. The van der Waals surface area contributed by atoms with Crippen molar-refractivity contribution in [2.75, 3.05) is 7.05 Å². The second-order valence-electron chi connectivity index (χ2n) is 7.44. The first-order valence-electron chi connectivity index (χ1n) is 9.96. The summed E-state index contributed by atoms with van der Waals surface area (Å²) in [6.07, 6.45) is 20.2. The second-order valence-corrected chi connectivity index (χ2v) is 7.44. The Kier molecular flexibility index (Phi) is 11.3. The summed E-state index contributed by atoms with van der Waals surface area (Å²) in [6, 6.07) is 0.765. The van der Waals surface area contributed by atoms with E-state index in [-0.39, 0.29) is 0 Å². The highest BCUT2D eigenvalue weighted by Gasteiger charge is 2.25. The lowest BCUT2D eigenvalue weighted by molar-refractivity contribution is 0.216. The van der Waals surface area contributed by atoms with Gasteiger partial charge in [-0.2, -0.15) is 0 Å². The van der Waals surface area contributed by atoms with Gasteiger partial charge in [-0.1, -0.05) is 90.9 Å². The first kappa shape index (κ1) is 19.0. The molecule has 0 heterocycles. The van der Waals surface area contributed by atoms with Crippen molar-refractivity contribution in [1.29, 1.82) is 0 Å². The van der Waals surface area contributed by atoms with Gasteiger partial charge in [0, 0.05) is 6.04 Å². The lowest BCUT2D eigenvalue weighted by Crippen LogP contribution is -2.37. The molecule has 0 spiro atoms. The Hall–Kier alpha value is -0.0400. The smallest absolute Gasteiger partial charge is 0.00948 e. The minimum atomic E-state index is 0.765. The minimum Gasteiger partial charge on any atom is -0.317 e. The van der Waals surface area contributed by atoms with Crippen molar-refractivity contribution in [3.05, 3.63) is 0 Å². The van der Waals surface area contributed by atoms with Crippen molar-refractivity contribution < 1.29 is 0 Å². The van der Waals surface area contributed by atoms with Crippen molar-refractivity contribution >= 4 is 0 Å². The maximum atomic E-state index is 3.68. The van der Waals surface area contributed by atoms with Crippen LogP contribution in [0.2, 0.25) is 0 Å². The molecule has 1 rings (SSSR count). The number of unbranched alkanes of at least 4 members (excludes halogenated alkanes) is 4. The van der Waals surface area contributed by atoms with E-state index in [4.69, 9.17) is 0 Å². The summed E-state index contributed by atoms with van der Waals surface area (Å²) in [5, 5.41) is 3.68. The van der Waals surface area contributed by atoms with E-state index in [1.165, 1.54) is 89.9 Å². The summed E-state index contributed by atoms with van der Waals surface area (Å²) in [4.78, 5) is 0. The Morgan fingerprint density at radius 2 is 1.48 bits per heavy atom. The average Bonchev–Trinajstić information content (AvgIpc) is 2.50. The maximum absolute atomic E-state index is 3.68. The van der Waals surface area contributed by atoms with Gasteiger partial charge in [0.25, 0.3) is 0 Å². The van der Waals surface area contributed by atoms with Crippen LogP contribution in [-0.4, -0.2) is 13.1 Å². The van der Waals surface area contributed by atoms with Crippen molar-refractivity contribution in [3.8, 4) is 0 Å². The highest BCUT2D eigenvalue weighted by molar-refractivity contribution is 4.80. The molecule has 1 nitrogen and oxygen atoms in total. The molecule has 126 valence electrons. The first-order chi connectivity index (χ1) is 10.3. The van der Waals surface area contributed by atoms with Gasteiger partial charge in [0.1, 0.15) is 0 Å². The topological polar surface area (TPSA) is 12.0 Å². The monoisotopic (exact) mass is 295 g/mol. The van der Waals surface area contributed by atoms with E-state index < -0.39 is 0 Å². The molecule has 1 saturated carbocycles. The van der Waals surface area contributed by atoms with Gasteiger partial charge in [-0.05, 0) is 31.7 Å². The quantitative estimate of drug-likeness (QED) is 0.516. The van der Waals surface area contributed by atoms with E-state index in [1.54, 1.807) is 0 Å². The van der Waals surface area contributed by atoms with E-state index in [9.17, 15) is 0 Å². The third kappa shape index (κ3) is 8.24. The Morgan fingerprint density at radius 1 is 0.857 bits per heavy atom. The van der Waals surface area contributed by atoms with Crippen molar-refractivity contribution in [2.24, 2.45) is 11.8 Å². The van der Waals surface area contributed by atoms with Crippen molar-refractivity contribution in [3.63, 3.8) is 0 Å². The van der Waals surface area contributed by atoms with Crippen LogP contribution in [0.4, 0.5) is 0 Å². The summed E-state index contributed by atoms with van der Waals surface area (Å²) < 4.78 is 0. The number of nitrogens with one attached hydrogen (secondary N) is 1. The van der Waals surface area contributed by atoms with E-state index in [2.05, 4.69) is 26.2 Å². The lowest BCUT2D eigenvalue weighted by atomic mass is 9.78. The van der Waals surface area contributed by atoms with Gasteiger partial charge in [0.15, 0.2) is 0 Å². The van der Waals surface area contributed by atoms with Crippen LogP contribution >= 0.6 is 0 Å². The molecule has 0 bridgehead atoms. The van der Waals surface area contributed by atoms with E-state index in [0.717, 1.165) is 17.9 Å². The molecule has 1 aliphatic rings. The molecule has 0 aromatic rings. The normalized spacial score (nSPS) is 26.4. The third-order valence-electron chi connectivity index (χ3n) is 5.68. The van der Waals surface area contributed by atoms with Crippen LogP contribution in [0.1, 0.15) is 104 Å². The van der Waals surface area contributed by atoms with Gasteiger partial charge in [0.2, 0.25) is 0 Å². The molecule has 0 aromatic heterocycles. The van der Waals surface area contributed by atoms with Gasteiger partial charge < -0.3 is 5.32 Å². The van der Waals surface area contributed by atoms with E-state index >= 15 is 0 Å². The van der Waals surface area contributed by atoms with Crippen LogP contribution < -0.4 is 5.32 Å². The van der Waals surface area contributed by atoms with Gasteiger partial charge in [0.05, 0.1) is 0 Å². The molecule has 0 amide bonds. The highest BCUT2D eigenvalue weighted by Crippen LogP contribution is 2.30. The summed E-state index contributed by atoms with van der Waals surface area (Å²) in [7, 11) is 2.20. The molecule has 1 aliphatic carbocycles. The van der Waals surface area contributed by atoms with Crippen LogP contribution in [0.3, 0.4) is 0 Å². The van der Waals surface area contributed by atoms with Gasteiger partial charge in [-0.15, -0.1) is 0 Å². The fraction of sp³-hybridized carbons (Fsp3) is 1.00. The average molecular weight is 296 g/mol. The van der Waals surface area contributed by atoms with Gasteiger partial charge >= 0.3 is 0 Å². The maximum Gasteiger partial charge on any atom is 0.00948 e. The fourth-order valence-electron chi connectivity index (χ4n) is 4.19. The number of hydrogen-bond donors (Lipinski definition) is 1. The summed E-state index contributed by atoms with van der Waals surface area (Å²) in [6.45, 7) is 4.83. The summed E-state index contributed by atoms with van der Waals surface area (Å²) in [5.74, 6) is 1.83. The van der Waals surface area contributed by atoms with Crippen LogP contribution in [-0.2, 0) is 0 Å². The molecular formula is C20H41N. The largest absolute Gasteiger partial charge is 0.317 e. The molecule has 0 radical (unpaired) electrons. The third-order valence-corrected chi connectivity index (χ3v) is 5.68. The molecule has 1 heteroatoms. The SMILES string of the molecule is CCCCCCCC(NC)C1CCCCCCCCC1C. The standard InChI is InChI=1S/C20H41N/c1-4-5-6-9-14-17-20(21-3)19-16-13-11-8-7-10-12-15-18(19)2/h18-21H,4-17H2,1-3H3. The second kappa shape index (κ2) is 12.5. The Bertz CT molecular complexity index is 226. The Labute approximate surface area is 134 Å². The van der Waals surface area contributed by atoms with E-state index in [1.807, 2.05) is 0 Å². The van der Waals surface area contributed by atoms with Crippen LogP contribution in [0.25, 0.3) is 0 Å². The summed E-state index contributed by atoms with van der Waals surface area (Å²) >= 11 is 0. The van der Waals surface area contributed by atoms with Crippen LogP contribution in [0.15, 0.2) is 0 Å². The Morgan fingerprint density at radius 3 is 2.14 bits per heavy atom. The van der Waals surface area contributed by atoms with Gasteiger partial charge in [-0.25, -0.2) is 0 Å². The molecule has 0 aliphatic heterocycles. The zero-order chi connectivity index (χ0) is 15.3. The molecule has 3 unspecified atom stereocenters. The van der Waals surface area contributed by atoms with Crippen LogP contribution in [0.5, 0.6) is 0 Å². The molecule has 21 heavy (non-hydrogen) atoms. The predicted molar refractivity (Wildman–Crippen MR) is 95.8 cm³/mol. The van der Waals surface area contributed by atoms with Crippen LogP contribution in [0, 0.1) is 11.8 Å². The lowest BCUT2D eigenvalue weighted by Gasteiger charge is -2.33. The van der Waals surface area contributed by atoms with Gasteiger partial charge in [-0.3, -0.25) is 0 Å². The number of hydrogen-bond acceptors (Lipinski definition) is 1. The van der Waals surface area contributed by atoms with E-state index in [0.29, 0.717) is 0 Å². The first-order valence-corrected chi connectivity index (χ1v) is 9.96. The van der Waals surface area contributed by atoms with Crippen molar-refractivity contribution in [2.45, 2.75) is 110 Å². The zero-order valence-electron chi connectivity index (χ0n) is 15.1. The zero-order valence-corrected chi connectivity index (χ0v) is 15.1. The Balaban J connectivity index is 2.40. The molecule has 3 atom stereocenters. The summed E-state index contributed by atoms with van der Waals surface area (Å²) in [5.41, 5.74) is 0. The molecule has 0 aromatic carbocycles. The molecule has 0 saturated heterocycles. The molecule has 1 N–H and O–H groups in total. The predicted octanol–water partition coefficient (Wildman–Crippen LogP) is 6.32. The molecule has 1 fully saturated rings.